The van der Waals surface area contributed by atoms with Crippen molar-refractivity contribution in [2.24, 2.45) is 5.73 Å². The first-order chi connectivity index (χ1) is 8.75. The summed E-state index contributed by atoms with van der Waals surface area (Å²) in [5, 5.41) is 1.05. The van der Waals surface area contributed by atoms with Crippen molar-refractivity contribution in [1.29, 1.82) is 0 Å². The highest BCUT2D eigenvalue weighted by atomic mass is 16.3. The summed E-state index contributed by atoms with van der Waals surface area (Å²) in [6.45, 7) is 1.87. The number of para-hydroxylation sites is 1. The lowest BCUT2D eigenvalue weighted by molar-refractivity contribution is 0.616. The van der Waals surface area contributed by atoms with Crippen LogP contribution in [0.3, 0.4) is 0 Å². The third-order valence-electron chi connectivity index (χ3n) is 2.84. The molecular formula is C14H13N3O. The molecule has 3 rings (SSSR count). The first-order valence-electron chi connectivity index (χ1n) is 5.81. The van der Waals surface area contributed by atoms with Crippen LogP contribution in [0.4, 0.5) is 0 Å². The van der Waals surface area contributed by atoms with E-state index in [-0.39, 0.29) is 6.04 Å². The Labute approximate surface area is 104 Å². The Kier molecular flexibility index (Phi) is 2.57. The molecule has 1 aromatic carbocycles. The molecule has 0 saturated carbocycles. The largest absolute Gasteiger partial charge is 0.464 e. The molecule has 4 nitrogen and oxygen atoms in total. The zero-order valence-electron chi connectivity index (χ0n) is 10.00. The van der Waals surface area contributed by atoms with Crippen LogP contribution >= 0.6 is 0 Å². The van der Waals surface area contributed by atoms with Crippen LogP contribution in [0.25, 0.3) is 22.2 Å². The molecular weight excluding hydrogens is 226 g/mol. The van der Waals surface area contributed by atoms with E-state index in [9.17, 15) is 0 Å². The van der Waals surface area contributed by atoms with Gasteiger partial charge in [0.2, 0.25) is 0 Å². The standard InChI is InChI=1S/C14H13N3O/c1-9(15)14-16-7-6-12(17-14)11-8-18-13-5-3-2-4-10(11)13/h2-9H,15H2,1H3. The summed E-state index contributed by atoms with van der Waals surface area (Å²) in [6, 6.07) is 9.57. The number of aromatic nitrogens is 2. The highest BCUT2D eigenvalue weighted by Crippen LogP contribution is 2.29. The van der Waals surface area contributed by atoms with Crippen molar-refractivity contribution in [1.82, 2.24) is 9.97 Å². The number of nitrogens with zero attached hydrogens (tertiary/aromatic N) is 2. The number of furan rings is 1. The van der Waals surface area contributed by atoms with E-state index in [4.69, 9.17) is 10.2 Å². The molecule has 0 aliphatic rings. The first-order valence-corrected chi connectivity index (χ1v) is 5.81. The third kappa shape index (κ3) is 1.76. The Morgan fingerprint density at radius 1 is 1.22 bits per heavy atom. The molecule has 90 valence electrons. The lowest BCUT2D eigenvalue weighted by Crippen LogP contribution is -2.09. The van der Waals surface area contributed by atoms with Crippen molar-refractivity contribution in [3.63, 3.8) is 0 Å². The maximum atomic E-state index is 5.80. The van der Waals surface area contributed by atoms with Crippen LogP contribution < -0.4 is 5.73 Å². The van der Waals surface area contributed by atoms with Gasteiger partial charge in [-0.2, -0.15) is 0 Å². The Bertz CT molecular complexity index is 688. The maximum Gasteiger partial charge on any atom is 0.145 e. The molecule has 0 aliphatic carbocycles. The summed E-state index contributed by atoms with van der Waals surface area (Å²) >= 11 is 0. The fourth-order valence-electron chi connectivity index (χ4n) is 1.92. The van der Waals surface area contributed by atoms with E-state index < -0.39 is 0 Å². The van der Waals surface area contributed by atoms with Crippen LogP contribution in [0.15, 0.2) is 47.2 Å². The Morgan fingerprint density at radius 2 is 2.06 bits per heavy atom. The molecule has 1 atom stereocenters. The van der Waals surface area contributed by atoms with E-state index in [0.717, 1.165) is 22.2 Å². The minimum absolute atomic E-state index is 0.178. The molecule has 1 unspecified atom stereocenters. The Balaban J connectivity index is 2.17. The van der Waals surface area contributed by atoms with Crippen LogP contribution in [-0.4, -0.2) is 9.97 Å². The fourth-order valence-corrected chi connectivity index (χ4v) is 1.92. The number of benzene rings is 1. The second kappa shape index (κ2) is 4.23. The molecule has 0 saturated heterocycles. The van der Waals surface area contributed by atoms with Crippen LogP contribution in [-0.2, 0) is 0 Å². The SMILES string of the molecule is CC(N)c1nccc(-c2coc3ccccc23)n1. The zero-order valence-corrected chi connectivity index (χ0v) is 10.00. The van der Waals surface area contributed by atoms with Gasteiger partial charge in [0.05, 0.1) is 11.7 Å². The summed E-state index contributed by atoms with van der Waals surface area (Å²) in [5.74, 6) is 0.637. The third-order valence-corrected chi connectivity index (χ3v) is 2.84. The molecule has 18 heavy (non-hydrogen) atoms. The fraction of sp³-hybridized carbons (Fsp3) is 0.143. The van der Waals surface area contributed by atoms with E-state index in [1.54, 1.807) is 12.5 Å². The van der Waals surface area contributed by atoms with Gasteiger partial charge in [-0.15, -0.1) is 0 Å². The Morgan fingerprint density at radius 3 is 2.89 bits per heavy atom. The monoisotopic (exact) mass is 239 g/mol. The van der Waals surface area contributed by atoms with E-state index in [0.29, 0.717) is 5.82 Å². The van der Waals surface area contributed by atoms with E-state index >= 15 is 0 Å². The predicted molar refractivity (Wildman–Crippen MR) is 69.8 cm³/mol. The summed E-state index contributed by atoms with van der Waals surface area (Å²) < 4.78 is 5.51. The number of hydrogen-bond donors (Lipinski definition) is 1. The highest BCUT2D eigenvalue weighted by Gasteiger charge is 2.10. The van der Waals surface area contributed by atoms with Gasteiger partial charge in [0.25, 0.3) is 0 Å². The molecule has 2 aromatic heterocycles. The molecule has 0 radical (unpaired) electrons. The van der Waals surface area contributed by atoms with Crippen LogP contribution in [0.1, 0.15) is 18.8 Å². The molecule has 3 aromatic rings. The lowest BCUT2D eigenvalue weighted by atomic mass is 10.1. The van der Waals surface area contributed by atoms with Gasteiger partial charge in [-0.05, 0) is 19.1 Å². The van der Waals surface area contributed by atoms with E-state index in [1.807, 2.05) is 37.3 Å². The van der Waals surface area contributed by atoms with Crippen molar-refractivity contribution in [2.75, 3.05) is 0 Å². The highest BCUT2D eigenvalue weighted by molar-refractivity contribution is 5.92. The minimum atomic E-state index is -0.178. The van der Waals surface area contributed by atoms with Gasteiger partial charge in [0, 0.05) is 17.1 Å². The number of nitrogens with two attached hydrogens (primary N) is 1. The van der Waals surface area contributed by atoms with Crippen molar-refractivity contribution in [3.05, 3.63) is 48.6 Å². The summed E-state index contributed by atoms with van der Waals surface area (Å²) in [5.41, 5.74) is 8.46. The van der Waals surface area contributed by atoms with Crippen molar-refractivity contribution in [2.45, 2.75) is 13.0 Å². The molecule has 0 amide bonds. The lowest BCUT2D eigenvalue weighted by Gasteiger charge is -2.04. The van der Waals surface area contributed by atoms with Crippen LogP contribution in [0, 0.1) is 0 Å². The van der Waals surface area contributed by atoms with E-state index in [1.165, 1.54) is 0 Å². The van der Waals surface area contributed by atoms with Gasteiger partial charge in [-0.3, -0.25) is 0 Å². The summed E-state index contributed by atoms with van der Waals surface area (Å²) in [7, 11) is 0. The number of hydrogen-bond acceptors (Lipinski definition) is 4. The van der Waals surface area contributed by atoms with Gasteiger partial charge < -0.3 is 10.2 Å². The first kappa shape index (κ1) is 10.9. The molecule has 2 N–H and O–H groups in total. The predicted octanol–water partition coefficient (Wildman–Crippen LogP) is 2.91. The normalized spacial score (nSPS) is 12.8. The molecule has 4 heteroatoms. The van der Waals surface area contributed by atoms with Gasteiger partial charge in [-0.25, -0.2) is 9.97 Å². The van der Waals surface area contributed by atoms with Crippen molar-refractivity contribution in [3.8, 4) is 11.3 Å². The van der Waals surface area contributed by atoms with Crippen LogP contribution in [0.5, 0.6) is 0 Å². The second-order valence-corrected chi connectivity index (χ2v) is 4.23. The maximum absolute atomic E-state index is 5.80. The van der Waals surface area contributed by atoms with Crippen molar-refractivity contribution >= 4 is 11.0 Å². The molecule has 0 fully saturated rings. The summed E-state index contributed by atoms with van der Waals surface area (Å²) in [4.78, 5) is 8.63. The minimum Gasteiger partial charge on any atom is -0.464 e. The smallest absolute Gasteiger partial charge is 0.145 e. The Hall–Kier alpha value is -2.20. The van der Waals surface area contributed by atoms with Gasteiger partial charge >= 0.3 is 0 Å². The number of rotatable bonds is 2. The number of fused-ring (bicyclic) bond motifs is 1. The quantitative estimate of drug-likeness (QED) is 0.746. The average molecular weight is 239 g/mol. The van der Waals surface area contributed by atoms with Gasteiger partial charge in [0.15, 0.2) is 0 Å². The zero-order chi connectivity index (χ0) is 12.5. The summed E-state index contributed by atoms with van der Waals surface area (Å²) in [6.07, 6.45) is 3.45. The second-order valence-electron chi connectivity index (χ2n) is 4.23. The molecule has 2 heterocycles. The molecule has 0 aliphatic heterocycles. The molecule has 0 spiro atoms. The van der Waals surface area contributed by atoms with Gasteiger partial charge in [-0.1, -0.05) is 18.2 Å². The average Bonchev–Trinajstić information content (AvgIpc) is 2.82. The molecule has 0 bridgehead atoms. The van der Waals surface area contributed by atoms with Crippen LogP contribution in [0.2, 0.25) is 0 Å². The van der Waals surface area contributed by atoms with Gasteiger partial charge in [0.1, 0.15) is 17.7 Å². The van der Waals surface area contributed by atoms with Crippen molar-refractivity contribution < 1.29 is 4.42 Å². The topological polar surface area (TPSA) is 64.9 Å². The van der Waals surface area contributed by atoms with E-state index in [2.05, 4.69) is 9.97 Å².